The van der Waals surface area contributed by atoms with Crippen molar-refractivity contribution in [2.75, 3.05) is 6.54 Å². The Morgan fingerprint density at radius 3 is 2.95 bits per heavy atom. The van der Waals surface area contributed by atoms with Crippen molar-refractivity contribution in [2.24, 2.45) is 0 Å². The number of rotatable bonds is 5. The van der Waals surface area contributed by atoms with E-state index >= 15 is 0 Å². The summed E-state index contributed by atoms with van der Waals surface area (Å²) >= 11 is 1.48. The predicted octanol–water partition coefficient (Wildman–Crippen LogP) is 2.44. The van der Waals surface area contributed by atoms with Crippen LogP contribution in [0.25, 0.3) is 5.13 Å². The minimum atomic E-state index is -0.519. The van der Waals surface area contributed by atoms with Crippen LogP contribution in [0.5, 0.6) is 0 Å². The average Bonchev–Trinajstić information content (AvgIpc) is 3.18. The van der Waals surface area contributed by atoms with Gasteiger partial charge in [-0.25, -0.2) is 14.1 Å². The molecule has 3 rings (SSSR count). The van der Waals surface area contributed by atoms with Crippen molar-refractivity contribution in [1.29, 1.82) is 0 Å². The van der Waals surface area contributed by atoms with Crippen molar-refractivity contribution in [1.82, 2.24) is 20.1 Å². The number of hydrogen-bond donors (Lipinski definition) is 1. The Labute approximate surface area is 130 Å². The third kappa shape index (κ3) is 3.20. The van der Waals surface area contributed by atoms with E-state index in [9.17, 15) is 9.18 Å². The van der Waals surface area contributed by atoms with E-state index in [4.69, 9.17) is 0 Å². The highest BCUT2D eigenvalue weighted by Gasteiger charge is 2.10. The van der Waals surface area contributed by atoms with Crippen LogP contribution in [0, 0.1) is 5.82 Å². The smallest absolute Gasteiger partial charge is 0.254 e. The zero-order chi connectivity index (χ0) is 15.4. The molecule has 0 bridgehead atoms. The number of nitrogens with one attached hydrogen (secondary N) is 1. The van der Waals surface area contributed by atoms with Crippen molar-refractivity contribution >= 4 is 17.2 Å². The van der Waals surface area contributed by atoms with Gasteiger partial charge in [0.25, 0.3) is 5.91 Å². The van der Waals surface area contributed by atoms with Crippen molar-refractivity contribution < 1.29 is 9.18 Å². The van der Waals surface area contributed by atoms with E-state index in [0.717, 1.165) is 10.8 Å². The highest BCUT2D eigenvalue weighted by Crippen LogP contribution is 2.14. The van der Waals surface area contributed by atoms with E-state index in [1.165, 1.54) is 23.5 Å². The lowest BCUT2D eigenvalue weighted by atomic mass is 10.2. The van der Waals surface area contributed by atoms with Gasteiger partial charge >= 0.3 is 0 Å². The second-order valence-electron chi connectivity index (χ2n) is 4.56. The molecule has 7 heteroatoms. The molecule has 0 fully saturated rings. The molecule has 0 spiro atoms. The van der Waals surface area contributed by atoms with E-state index in [1.54, 1.807) is 23.0 Å². The molecule has 0 aliphatic heterocycles. The molecule has 1 amide bonds. The molecule has 0 radical (unpaired) electrons. The quantitative estimate of drug-likeness (QED) is 0.786. The fourth-order valence-corrected chi connectivity index (χ4v) is 2.74. The van der Waals surface area contributed by atoms with Gasteiger partial charge in [-0.1, -0.05) is 12.1 Å². The molecule has 1 N–H and O–H groups in total. The van der Waals surface area contributed by atoms with Crippen molar-refractivity contribution in [3.8, 4) is 5.13 Å². The maximum Gasteiger partial charge on any atom is 0.254 e. The summed E-state index contributed by atoms with van der Waals surface area (Å²) in [6.07, 6.45) is 4.09. The summed E-state index contributed by atoms with van der Waals surface area (Å²) < 4.78 is 15.2. The summed E-state index contributed by atoms with van der Waals surface area (Å²) in [7, 11) is 0. The van der Waals surface area contributed by atoms with Crippen LogP contribution >= 0.6 is 11.3 Å². The third-order valence-corrected chi connectivity index (χ3v) is 3.90. The van der Waals surface area contributed by atoms with Crippen LogP contribution in [0.2, 0.25) is 0 Å². The fraction of sp³-hybridized carbons (Fsp3) is 0.133. The minimum absolute atomic E-state index is 0.0537. The molecule has 0 unspecified atom stereocenters. The standard InChI is InChI=1S/C15H13FN4OS/c16-13-5-2-1-4-12(13)14(21)17-8-6-11-10-22-15(19-11)20-9-3-7-18-20/h1-5,7,9-10H,6,8H2,(H,17,21). The topological polar surface area (TPSA) is 59.8 Å². The minimum Gasteiger partial charge on any atom is -0.352 e. The zero-order valence-electron chi connectivity index (χ0n) is 11.6. The number of aromatic nitrogens is 3. The number of nitrogens with zero attached hydrogens (tertiary/aromatic N) is 3. The van der Waals surface area contributed by atoms with Gasteiger partial charge in [0.2, 0.25) is 5.13 Å². The van der Waals surface area contributed by atoms with Gasteiger partial charge in [-0.2, -0.15) is 5.10 Å². The number of carbonyl (C=O) groups is 1. The van der Waals surface area contributed by atoms with E-state index < -0.39 is 11.7 Å². The summed E-state index contributed by atoms with van der Waals surface area (Å²) in [5, 5.41) is 9.51. The Morgan fingerprint density at radius 2 is 2.18 bits per heavy atom. The summed E-state index contributed by atoms with van der Waals surface area (Å²) in [5.41, 5.74) is 0.919. The van der Waals surface area contributed by atoms with E-state index in [1.807, 2.05) is 17.6 Å². The molecule has 0 aliphatic carbocycles. The maximum absolute atomic E-state index is 13.5. The Morgan fingerprint density at radius 1 is 1.32 bits per heavy atom. The summed E-state index contributed by atoms with van der Waals surface area (Å²) in [4.78, 5) is 16.3. The molecule has 3 aromatic rings. The Kier molecular flexibility index (Phi) is 4.24. The van der Waals surface area contributed by atoms with Gasteiger partial charge in [0.1, 0.15) is 5.82 Å². The number of hydrogen-bond acceptors (Lipinski definition) is 4. The van der Waals surface area contributed by atoms with Crippen molar-refractivity contribution in [3.63, 3.8) is 0 Å². The molecule has 112 valence electrons. The number of halogens is 1. The molecule has 0 saturated heterocycles. The van der Waals surface area contributed by atoms with Crippen LogP contribution in [-0.2, 0) is 6.42 Å². The SMILES string of the molecule is O=C(NCCc1csc(-n2cccn2)n1)c1ccccc1F. The number of benzene rings is 1. The Bertz CT molecular complexity index is 769. The number of thiazole rings is 1. The first-order valence-electron chi connectivity index (χ1n) is 6.71. The van der Waals surface area contributed by atoms with Crippen molar-refractivity contribution in [2.45, 2.75) is 6.42 Å². The molecule has 22 heavy (non-hydrogen) atoms. The van der Waals surface area contributed by atoms with Crippen LogP contribution in [-0.4, -0.2) is 27.2 Å². The van der Waals surface area contributed by atoms with Crippen LogP contribution in [0.1, 0.15) is 16.1 Å². The van der Waals surface area contributed by atoms with Gasteiger partial charge in [0.05, 0.1) is 11.3 Å². The highest BCUT2D eigenvalue weighted by molar-refractivity contribution is 7.12. The van der Waals surface area contributed by atoms with Gasteiger partial charge in [-0.15, -0.1) is 11.3 Å². The van der Waals surface area contributed by atoms with Gasteiger partial charge in [-0.05, 0) is 18.2 Å². The fourth-order valence-electron chi connectivity index (χ4n) is 1.94. The molecule has 0 atom stereocenters. The summed E-state index contributed by atoms with van der Waals surface area (Å²) in [6, 6.07) is 7.75. The van der Waals surface area contributed by atoms with Crippen molar-refractivity contribution in [3.05, 3.63) is 65.2 Å². The highest BCUT2D eigenvalue weighted by atomic mass is 32.1. The first-order valence-corrected chi connectivity index (χ1v) is 7.59. The molecule has 0 saturated carbocycles. The molecule has 1 aromatic carbocycles. The lowest BCUT2D eigenvalue weighted by Gasteiger charge is -2.04. The third-order valence-electron chi connectivity index (χ3n) is 3.03. The lowest BCUT2D eigenvalue weighted by Crippen LogP contribution is -2.26. The van der Waals surface area contributed by atoms with E-state index in [-0.39, 0.29) is 5.56 Å². The summed E-state index contributed by atoms with van der Waals surface area (Å²) in [5.74, 6) is -0.935. The van der Waals surface area contributed by atoms with E-state index in [2.05, 4.69) is 15.4 Å². The Hall–Kier alpha value is -2.54. The monoisotopic (exact) mass is 316 g/mol. The number of carbonyl (C=O) groups excluding carboxylic acids is 1. The first kappa shape index (κ1) is 14.4. The van der Waals surface area contributed by atoms with Gasteiger partial charge < -0.3 is 5.32 Å². The lowest BCUT2D eigenvalue weighted by molar-refractivity contribution is 0.0950. The van der Waals surface area contributed by atoms with Crippen LogP contribution in [0.3, 0.4) is 0 Å². The summed E-state index contributed by atoms with van der Waals surface area (Å²) in [6.45, 7) is 0.398. The molecular formula is C15H13FN4OS. The van der Waals surface area contributed by atoms with Crippen LogP contribution in [0.4, 0.5) is 4.39 Å². The molecule has 0 aliphatic rings. The average molecular weight is 316 g/mol. The van der Waals surface area contributed by atoms with Crippen LogP contribution < -0.4 is 5.32 Å². The second kappa shape index (κ2) is 6.48. The first-order chi connectivity index (χ1) is 10.7. The predicted molar refractivity (Wildman–Crippen MR) is 81.7 cm³/mol. The molecule has 5 nitrogen and oxygen atoms in total. The molecular weight excluding hydrogens is 303 g/mol. The Balaban J connectivity index is 1.55. The number of amides is 1. The maximum atomic E-state index is 13.5. The molecule has 2 heterocycles. The van der Waals surface area contributed by atoms with Gasteiger partial charge in [0.15, 0.2) is 0 Å². The normalized spacial score (nSPS) is 10.6. The van der Waals surface area contributed by atoms with Gasteiger partial charge in [-0.3, -0.25) is 4.79 Å². The second-order valence-corrected chi connectivity index (χ2v) is 5.39. The largest absolute Gasteiger partial charge is 0.352 e. The van der Waals surface area contributed by atoms with E-state index in [0.29, 0.717) is 13.0 Å². The molecule has 2 aromatic heterocycles. The zero-order valence-corrected chi connectivity index (χ0v) is 12.4. The van der Waals surface area contributed by atoms with Gasteiger partial charge in [0, 0.05) is 30.7 Å². The van der Waals surface area contributed by atoms with Crippen LogP contribution in [0.15, 0.2) is 48.1 Å².